The first-order valence-corrected chi connectivity index (χ1v) is 8.22. The molecule has 0 aliphatic carbocycles. The number of aromatic amines is 1. The van der Waals surface area contributed by atoms with E-state index < -0.39 is 5.54 Å². The third-order valence-electron chi connectivity index (χ3n) is 5.48. The molecule has 1 aromatic heterocycles. The molecule has 1 aromatic carbocycles. The number of rotatable bonds is 3. The summed E-state index contributed by atoms with van der Waals surface area (Å²) in [4.78, 5) is 5.41. The first-order chi connectivity index (χ1) is 11.1. The molecule has 23 heavy (non-hydrogen) atoms. The summed E-state index contributed by atoms with van der Waals surface area (Å²) in [5.41, 5.74) is 1.82. The number of H-pyrrole nitrogens is 1. The Morgan fingerprint density at radius 2 is 2.09 bits per heavy atom. The number of hydrogen-bond donors (Lipinski definition) is 1. The van der Waals surface area contributed by atoms with E-state index in [0.717, 1.165) is 31.3 Å². The van der Waals surface area contributed by atoms with Gasteiger partial charge in [-0.15, -0.1) is 0 Å². The Morgan fingerprint density at radius 1 is 1.30 bits per heavy atom. The van der Waals surface area contributed by atoms with Gasteiger partial charge in [-0.1, -0.05) is 25.1 Å². The highest BCUT2D eigenvalue weighted by molar-refractivity contribution is 5.83. The summed E-state index contributed by atoms with van der Waals surface area (Å²) in [5.74, 6) is 0.278. The van der Waals surface area contributed by atoms with Crippen molar-refractivity contribution in [3.63, 3.8) is 0 Å². The van der Waals surface area contributed by atoms with Crippen molar-refractivity contribution in [2.45, 2.75) is 44.7 Å². The molecule has 2 aromatic rings. The molecule has 0 radical (unpaired) electrons. The van der Waals surface area contributed by atoms with Gasteiger partial charge in [0.05, 0.1) is 18.2 Å². The minimum Gasteiger partial charge on any atom is -0.361 e. The van der Waals surface area contributed by atoms with E-state index in [0.29, 0.717) is 0 Å². The molecule has 0 unspecified atom stereocenters. The number of para-hydroxylation sites is 1. The average molecular weight is 306 g/mol. The van der Waals surface area contributed by atoms with Crippen LogP contribution in [0.2, 0.25) is 0 Å². The lowest BCUT2D eigenvalue weighted by molar-refractivity contribution is 0.0326. The molecule has 1 aliphatic rings. The van der Waals surface area contributed by atoms with Gasteiger partial charge in [0, 0.05) is 23.6 Å². The molecule has 1 fully saturated rings. The van der Waals surface area contributed by atoms with Crippen LogP contribution in [0.4, 0.5) is 0 Å². The van der Waals surface area contributed by atoms with E-state index in [4.69, 9.17) is 0 Å². The number of aromatic nitrogens is 1. The summed E-state index contributed by atoms with van der Waals surface area (Å²) in [5, 5.41) is 20.4. The van der Waals surface area contributed by atoms with E-state index >= 15 is 0 Å². The Balaban J connectivity index is 1.84. The van der Waals surface area contributed by atoms with E-state index in [1.54, 1.807) is 0 Å². The molecular weight excluding hydrogens is 284 g/mol. The van der Waals surface area contributed by atoms with E-state index in [9.17, 15) is 10.5 Å². The number of benzene rings is 1. The number of hydrogen-bond acceptors (Lipinski definition) is 3. The number of piperidine rings is 1. The quantitative estimate of drug-likeness (QED) is 0.942. The fourth-order valence-electron chi connectivity index (χ4n) is 3.73. The van der Waals surface area contributed by atoms with E-state index in [2.05, 4.69) is 41.1 Å². The fraction of sp³-hybridized carbons (Fsp3) is 0.474. The lowest BCUT2D eigenvalue weighted by Gasteiger charge is -2.47. The molecule has 0 bridgehead atoms. The summed E-state index contributed by atoms with van der Waals surface area (Å²) < 4.78 is 0. The van der Waals surface area contributed by atoms with Crippen molar-refractivity contribution in [2.24, 2.45) is 5.92 Å². The second-order valence-corrected chi connectivity index (χ2v) is 6.69. The minimum atomic E-state index is -0.565. The van der Waals surface area contributed by atoms with Crippen LogP contribution in [-0.4, -0.2) is 28.0 Å². The molecule has 1 saturated heterocycles. The van der Waals surface area contributed by atoms with Crippen LogP contribution in [0.5, 0.6) is 0 Å². The predicted molar refractivity (Wildman–Crippen MR) is 90.5 cm³/mol. The van der Waals surface area contributed by atoms with Gasteiger partial charge in [0.25, 0.3) is 0 Å². The maximum absolute atomic E-state index is 9.73. The van der Waals surface area contributed by atoms with Gasteiger partial charge in [0.1, 0.15) is 5.54 Å². The van der Waals surface area contributed by atoms with Crippen LogP contribution in [0.1, 0.15) is 32.3 Å². The van der Waals surface area contributed by atoms with Crippen molar-refractivity contribution in [3.8, 4) is 12.1 Å². The average Bonchev–Trinajstić information content (AvgIpc) is 2.99. The van der Waals surface area contributed by atoms with Crippen molar-refractivity contribution >= 4 is 10.9 Å². The molecule has 1 aliphatic heterocycles. The van der Waals surface area contributed by atoms with Crippen molar-refractivity contribution in [2.75, 3.05) is 6.54 Å². The summed E-state index contributed by atoms with van der Waals surface area (Å²) in [6.07, 6.45) is 4.67. The van der Waals surface area contributed by atoms with E-state index in [-0.39, 0.29) is 12.0 Å². The van der Waals surface area contributed by atoms with Gasteiger partial charge in [-0.25, -0.2) is 0 Å². The van der Waals surface area contributed by atoms with Crippen LogP contribution in [0, 0.1) is 28.6 Å². The van der Waals surface area contributed by atoms with Gasteiger partial charge in [-0.3, -0.25) is 4.90 Å². The lowest BCUT2D eigenvalue weighted by atomic mass is 9.77. The molecule has 118 valence electrons. The molecule has 0 saturated carbocycles. The van der Waals surface area contributed by atoms with Gasteiger partial charge < -0.3 is 4.98 Å². The monoisotopic (exact) mass is 306 g/mol. The first kappa shape index (κ1) is 15.6. The second kappa shape index (κ2) is 6.07. The third-order valence-corrected chi connectivity index (χ3v) is 5.48. The Bertz CT molecular complexity index is 778. The molecule has 4 nitrogen and oxygen atoms in total. The summed E-state index contributed by atoms with van der Waals surface area (Å²) in [6.45, 7) is 4.83. The Morgan fingerprint density at radius 3 is 2.83 bits per heavy atom. The SMILES string of the molecule is C[C@H]1CC[C@@H](C#N)N(CCc2c[nH]c3ccccc23)[C@@]1(C)C#N. The Hall–Kier alpha value is -2.30. The molecule has 4 heteroatoms. The zero-order valence-corrected chi connectivity index (χ0v) is 13.7. The van der Waals surface area contributed by atoms with Crippen LogP contribution in [-0.2, 0) is 6.42 Å². The standard InChI is InChI=1S/C19H22N4/c1-14-7-8-16(11-20)23(19(14,2)13-21)10-9-15-12-22-18-6-4-3-5-17(15)18/h3-6,12,14,16,22H,7-10H2,1-2H3/t14-,16-,19-/m0/s1. The van der Waals surface area contributed by atoms with Gasteiger partial charge in [0.15, 0.2) is 0 Å². The highest BCUT2D eigenvalue weighted by Crippen LogP contribution is 2.36. The number of nitrogens with one attached hydrogen (secondary N) is 1. The second-order valence-electron chi connectivity index (χ2n) is 6.69. The van der Waals surface area contributed by atoms with Crippen molar-refractivity contribution < 1.29 is 0 Å². The van der Waals surface area contributed by atoms with Crippen LogP contribution in [0.15, 0.2) is 30.5 Å². The first-order valence-electron chi connectivity index (χ1n) is 8.22. The van der Waals surface area contributed by atoms with E-state index in [1.807, 2.05) is 25.3 Å². The van der Waals surface area contributed by atoms with Gasteiger partial charge in [0.2, 0.25) is 0 Å². The largest absolute Gasteiger partial charge is 0.361 e. The molecule has 3 rings (SSSR count). The molecule has 1 N–H and O–H groups in total. The zero-order valence-electron chi connectivity index (χ0n) is 13.7. The predicted octanol–water partition coefficient (Wildman–Crippen LogP) is 3.62. The molecule has 0 spiro atoms. The third kappa shape index (κ3) is 2.60. The van der Waals surface area contributed by atoms with Crippen LogP contribution in [0.3, 0.4) is 0 Å². The van der Waals surface area contributed by atoms with E-state index in [1.165, 1.54) is 10.9 Å². The van der Waals surface area contributed by atoms with Crippen molar-refractivity contribution in [3.05, 3.63) is 36.0 Å². The summed E-state index contributed by atoms with van der Waals surface area (Å²) in [6, 6.07) is 13.0. The Labute approximate surface area is 137 Å². The lowest BCUT2D eigenvalue weighted by Crippen LogP contribution is -2.58. The van der Waals surface area contributed by atoms with Crippen LogP contribution >= 0.6 is 0 Å². The maximum Gasteiger partial charge on any atom is 0.110 e. The zero-order chi connectivity index (χ0) is 16.4. The minimum absolute atomic E-state index is 0.166. The van der Waals surface area contributed by atoms with Crippen LogP contribution < -0.4 is 0 Å². The molecule has 0 amide bonds. The normalized spacial score (nSPS) is 28.3. The fourth-order valence-corrected chi connectivity index (χ4v) is 3.73. The topological polar surface area (TPSA) is 66.6 Å². The molecule has 3 atom stereocenters. The number of likely N-dealkylation sites (tertiary alicyclic amines) is 1. The highest BCUT2D eigenvalue weighted by atomic mass is 15.2. The number of nitriles is 2. The van der Waals surface area contributed by atoms with Crippen LogP contribution in [0.25, 0.3) is 10.9 Å². The van der Waals surface area contributed by atoms with Gasteiger partial charge in [-0.05, 0) is 43.7 Å². The highest BCUT2D eigenvalue weighted by Gasteiger charge is 2.44. The molecular formula is C19H22N4. The molecule has 2 heterocycles. The van der Waals surface area contributed by atoms with Crippen molar-refractivity contribution in [1.29, 1.82) is 10.5 Å². The summed E-state index contributed by atoms with van der Waals surface area (Å²) in [7, 11) is 0. The van der Waals surface area contributed by atoms with Crippen molar-refractivity contribution in [1.82, 2.24) is 9.88 Å². The number of fused-ring (bicyclic) bond motifs is 1. The smallest absolute Gasteiger partial charge is 0.110 e. The van der Waals surface area contributed by atoms with Gasteiger partial charge >= 0.3 is 0 Å². The summed E-state index contributed by atoms with van der Waals surface area (Å²) >= 11 is 0. The van der Waals surface area contributed by atoms with Gasteiger partial charge in [-0.2, -0.15) is 10.5 Å². The maximum atomic E-state index is 9.73. The number of nitrogens with zero attached hydrogens (tertiary/aromatic N) is 3. The Kier molecular flexibility index (Phi) is 4.11.